The van der Waals surface area contributed by atoms with Gasteiger partial charge in [0.1, 0.15) is 0 Å². The minimum atomic E-state index is -3.40. The largest absolute Gasteiger partial charge is 0.399 e. The third-order valence-corrected chi connectivity index (χ3v) is 4.94. The van der Waals surface area contributed by atoms with Gasteiger partial charge in [0.25, 0.3) is 0 Å². The van der Waals surface area contributed by atoms with Crippen LogP contribution in [0.1, 0.15) is 12.5 Å². The molecule has 1 atom stereocenters. The number of benzene rings is 1. The number of nitrogens with two attached hydrogens (primary N) is 1. The van der Waals surface area contributed by atoms with E-state index in [-0.39, 0.29) is 12.3 Å². The zero-order valence-corrected chi connectivity index (χ0v) is 11.9. The van der Waals surface area contributed by atoms with Crippen molar-refractivity contribution in [1.29, 1.82) is 0 Å². The van der Waals surface area contributed by atoms with Crippen molar-refractivity contribution in [2.75, 3.05) is 23.8 Å². The first-order chi connectivity index (χ1) is 8.43. The molecule has 1 unspecified atom stereocenters. The molecule has 0 saturated heterocycles. The Hall–Kier alpha value is -0.920. The highest BCUT2D eigenvalue weighted by atomic mass is 32.2. The van der Waals surface area contributed by atoms with Crippen LogP contribution in [0.3, 0.4) is 0 Å². The minimum absolute atomic E-state index is 0.114. The first kappa shape index (κ1) is 15.1. The number of hydrogen-bond donors (Lipinski definition) is 2. The van der Waals surface area contributed by atoms with Crippen molar-refractivity contribution in [3.05, 3.63) is 29.8 Å². The average Bonchev–Trinajstić information content (AvgIpc) is 2.27. The molecule has 1 aromatic carbocycles. The summed E-state index contributed by atoms with van der Waals surface area (Å²) in [5.41, 5.74) is 6.75. The van der Waals surface area contributed by atoms with Crippen LogP contribution in [0.4, 0.5) is 5.69 Å². The molecule has 0 aromatic heterocycles. The van der Waals surface area contributed by atoms with Crippen LogP contribution in [-0.4, -0.2) is 30.7 Å². The van der Waals surface area contributed by atoms with Crippen LogP contribution in [0.2, 0.25) is 0 Å². The fourth-order valence-corrected chi connectivity index (χ4v) is 3.29. The normalized spacial score (nSPS) is 13.4. The van der Waals surface area contributed by atoms with Gasteiger partial charge in [-0.3, -0.25) is 4.21 Å². The molecule has 0 aliphatic heterocycles. The lowest BCUT2D eigenvalue weighted by atomic mass is 10.2. The highest BCUT2D eigenvalue weighted by Crippen LogP contribution is 2.09. The van der Waals surface area contributed by atoms with Gasteiger partial charge in [0.15, 0.2) is 0 Å². The molecule has 0 spiro atoms. The maximum atomic E-state index is 11.7. The highest BCUT2D eigenvalue weighted by molar-refractivity contribution is 7.88. The van der Waals surface area contributed by atoms with Gasteiger partial charge in [0.2, 0.25) is 10.0 Å². The molecular weight excluding hydrogens is 272 g/mol. The van der Waals surface area contributed by atoms with Crippen molar-refractivity contribution >= 4 is 26.5 Å². The number of rotatable bonds is 7. The SMILES string of the molecule is CCS(=O)CCNS(=O)(=O)Cc1cccc(N)c1. The Bertz CT molecular complexity index is 515. The molecule has 1 rings (SSSR count). The Balaban J connectivity index is 2.52. The predicted octanol–water partition coefficient (Wildman–Crippen LogP) is 0.457. The number of nitrogens with one attached hydrogen (secondary N) is 1. The summed E-state index contributed by atoms with van der Waals surface area (Å²) in [4.78, 5) is 0. The van der Waals surface area contributed by atoms with Crippen LogP contribution in [0, 0.1) is 0 Å². The van der Waals surface area contributed by atoms with Crippen molar-refractivity contribution in [2.24, 2.45) is 0 Å². The Morgan fingerprint density at radius 3 is 2.72 bits per heavy atom. The van der Waals surface area contributed by atoms with Gasteiger partial charge in [-0.2, -0.15) is 0 Å². The Kier molecular flexibility index (Phi) is 5.77. The summed E-state index contributed by atoms with van der Waals surface area (Å²) in [5.74, 6) is 0.764. The van der Waals surface area contributed by atoms with Crippen molar-refractivity contribution in [1.82, 2.24) is 4.72 Å². The molecule has 3 N–H and O–H groups in total. The quantitative estimate of drug-likeness (QED) is 0.714. The van der Waals surface area contributed by atoms with Gasteiger partial charge in [0.05, 0.1) is 5.75 Å². The van der Waals surface area contributed by atoms with Crippen molar-refractivity contribution in [2.45, 2.75) is 12.7 Å². The maximum absolute atomic E-state index is 11.7. The van der Waals surface area contributed by atoms with Crippen LogP contribution in [0.25, 0.3) is 0 Å². The second-order valence-corrected chi connectivity index (χ2v) is 7.50. The number of nitrogen functional groups attached to an aromatic ring is 1. The minimum Gasteiger partial charge on any atom is -0.399 e. The summed E-state index contributed by atoms with van der Waals surface area (Å²) in [6.45, 7) is 2.00. The third kappa shape index (κ3) is 5.61. The summed E-state index contributed by atoms with van der Waals surface area (Å²) >= 11 is 0. The van der Waals surface area contributed by atoms with E-state index in [1.807, 2.05) is 0 Å². The molecule has 0 bridgehead atoms. The van der Waals surface area contributed by atoms with Gasteiger partial charge in [-0.1, -0.05) is 19.1 Å². The van der Waals surface area contributed by atoms with E-state index in [0.717, 1.165) is 0 Å². The average molecular weight is 290 g/mol. The van der Waals surface area contributed by atoms with Crippen molar-refractivity contribution in [3.8, 4) is 0 Å². The summed E-state index contributed by atoms with van der Waals surface area (Å²) in [5, 5.41) is 0. The molecule has 7 heteroatoms. The van der Waals surface area contributed by atoms with Gasteiger partial charge in [0, 0.05) is 34.5 Å². The van der Waals surface area contributed by atoms with Gasteiger partial charge < -0.3 is 5.73 Å². The van der Waals surface area contributed by atoms with E-state index in [1.165, 1.54) is 0 Å². The third-order valence-electron chi connectivity index (χ3n) is 2.28. The molecule has 0 amide bonds. The van der Waals surface area contributed by atoms with Crippen LogP contribution in [-0.2, 0) is 26.6 Å². The van der Waals surface area contributed by atoms with E-state index in [4.69, 9.17) is 5.73 Å². The molecule has 0 saturated carbocycles. The summed E-state index contributed by atoms with van der Waals surface area (Å²) in [6, 6.07) is 6.75. The second-order valence-electron chi connectivity index (χ2n) is 3.83. The van der Waals surface area contributed by atoms with E-state index < -0.39 is 20.8 Å². The zero-order chi connectivity index (χ0) is 13.6. The molecule has 1 aromatic rings. The zero-order valence-electron chi connectivity index (χ0n) is 10.3. The van der Waals surface area contributed by atoms with Crippen molar-refractivity contribution in [3.63, 3.8) is 0 Å². The van der Waals surface area contributed by atoms with E-state index in [0.29, 0.717) is 22.8 Å². The second kappa shape index (κ2) is 6.86. The van der Waals surface area contributed by atoms with Crippen LogP contribution >= 0.6 is 0 Å². The monoisotopic (exact) mass is 290 g/mol. The van der Waals surface area contributed by atoms with Crippen molar-refractivity contribution < 1.29 is 12.6 Å². The highest BCUT2D eigenvalue weighted by Gasteiger charge is 2.11. The van der Waals surface area contributed by atoms with Gasteiger partial charge in [-0.15, -0.1) is 0 Å². The molecule has 0 radical (unpaired) electrons. The van der Waals surface area contributed by atoms with E-state index in [1.54, 1.807) is 31.2 Å². The number of sulfonamides is 1. The summed E-state index contributed by atoms with van der Waals surface area (Å²) in [7, 11) is -4.35. The van der Waals surface area contributed by atoms with Gasteiger partial charge in [-0.05, 0) is 17.7 Å². The smallest absolute Gasteiger partial charge is 0.215 e. The topological polar surface area (TPSA) is 89.3 Å². The molecule has 5 nitrogen and oxygen atoms in total. The molecule has 0 aliphatic rings. The maximum Gasteiger partial charge on any atom is 0.215 e. The Morgan fingerprint density at radius 2 is 2.11 bits per heavy atom. The molecular formula is C11H18N2O3S2. The molecule has 18 heavy (non-hydrogen) atoms. The van der Waals surface area contributed by atoms with Crippen LogP contribution < -0.4 is 10.5 Å². The molecule has 0 heterocycles. The van der Waals surface area contributed by atoms with Crippen LogP contribution in [0.15, 0.2) is 24.3 Å². The van der Waals surface area contributed by atoms with Gasteiger partial charge >= 0.3 is 0 Å². The fourth-order valence-electron chi connectivity index (χ4n) is 1.41. The van der Waals surface area contributed by atoms with Gasteiger partial charge in [-0.25, -0.2) is 13.1 Å². The Labute approximate surface area is 110 Å². The first-order valence-corrected chi connectivity index (χ1v) is 8.73. The number of hydrogen-bond acceptors (Lipinski definition) is 4. The fraction of sp³-hybridized carbons (Fsp3) is 0.455. The first-order valence-electron chi connectivity index (χ1n) is 5.59. The molecule has 0 fully saturated rings. The lowest BCUT2D eigenvalue weighted by Gasteiger charge is -2.06. The summed E-state index contributed by atoms with van der Waals surface area (Å²) < 4.78 is 37.1. The predicted molar refractivity (Wildman–Crippen MR) is 75.0 cm³/mol. The summed E-state index contributed by atoms with van der Waals surface area (Å²) in [6.07, 6.45) is 0. The standard InChI is InChI=1S/C11H18N2O3S2/c1-2-17(14)7-6-13-18(15,16)9-10-4-3-5-11(12)8-10/h3-5,8,13H,2,6-7,9,12H2,1H3. The lowest BCUT2D eigenvalue weighted by molar-refractivity contribution is 0.583. The van der Waals surface area contributed by atoms with E-state index in [9.17, 15) is 12.6 Å². The van der Waals surface area contributed by atoms with Crippen LogP contribution in [0.5, 0.6) is 0 Å². The van der Waals surface area contributed by atoms with E-state index in [2.05, 4.69) is 4.72 Å². The molecule has 102 valence electrons. The Morgan fingerprint density at radius 1 is 1.39 bits per heavy atom. The molecule has 0 aliphatic carbocycles. The lowest BCUT2D eigenvalue weighted by Crippen LogP contribution is -2.29. The number of anilines is 1. The van der Waals surface area contributed by atoms with E-state index >= 15 is 0 Å².